The van der Waals surface area contributed by atoms with Crippen LogP contribution in [0.2, 0.25) is 0 Å². The Labute approximate surface area is 154 Å². The molecule has 0 unspecified atom stereocenters. The molecule has 0 aromatic carbocycles. The molecule has 2 rings (SSSR count). The number of rotatable bonds is 9. The Morgan fingerprint density at radius 2 is 2.00 bits per heavy atom. The Bertz CT molecular complexity index is 595. The SMILES string of the molecule is CCN(CC)CCCNC(=O)Cn1nc(C(F)(F)F)c(Br)c1C1CC1. The largest absolute Gasteiger partial charge is 0.436 e. The third-order valence-electron chi connectivity index (χ3n) is 4.33. The van der Waals surface area contributed by atoms with Crippen LogP contribution in [0.5, 0.6) is 0 Å². The summed E-state index contributed by atoms with van der Waals surface area (Å²) in [5.74, 6) is -0.265. The van der Waals surface area contributed by atoms with Crippen LogP contribution in [-0.2, 0) is 17.5 Å². The molecule has 1 aliphatic rings. The van der Waals surface area contributed by atoms with Crippen molar-refractivity contribution in [2.45, 2.75) is 51.7 Å². The first-order chi connectivity index (χ1) is 11.8. The summed E-state index contributed by atoms with van der Waals surface area (Å²) < 4.78 is 40.3. The van der Waals surface area contributed by atoms with E-state index in [2.05, 4.69) is 45.1 Å². The monoisotopic (exact) mass is 424 g/mol. The third-order valence-corrected chi connectivity index (χ3v) is 5.11. The highest BCUT2D eigenvalue weighted by atomic mass is 79.9. The van der Waals surface area contributed by atoms with Gasteiger partial charge in [-0.3, -0.25) is 9.48 Å². The van der Waals surface area contributed by atoms with E-state index in [1.165, 1.54) is 4.68 Å². The van der Waals surface area contributed by atoms with Gasteiger partial charge >= 0.3 is 6.18 Å². The van der Waals surface area contributed by atoms with Gasteiger partial charge in [-0.15, -0.1) is 0 Å². The van der Waals surface area contributed by atoms with Crippen LogP contribution < -0.4 is 5.32 Å². The van der Waals surface area contributed by atoms with Gasteiger partial charge in [-0.1, -0.05) is 13.8 Å². The molecule has 142 valence electrons. The first-order valence-corrected chi connectivity index (χ1v) is 9.39. The van der Waals surface area contributed by atoms with Crippen molar-refractivity contribution < 1.29 is 18.0 Å². The lowest BCUT2D eigenvalue weighted by Crippen LogP contribution is -2.32. The van der Waals surface area contributed by atoms with E-state index in [-0.39, 0.29) is 22.8 Å². The minimum atomic E-state index is -4.53. The summed E-state index contributed by atoms with van der Waals surface area (Å²) in [5, 5.41) is 6.41. The number of hydrogen-bond donors (Lipinski definition) is 1. The van der Waals surface area contributed by atoms with Crippen molar-refractivity contribution in [3.05, 3.63) is 15.9 Å². The molecule has 0 radical (unpaired) electrons. The van der Waals surface area contributed by atoms with Gasteiger partial charge in [-0.05, 0) is 54.8 Å². The van der Waals surface area contributed by atoms with Gasteiger partial charge in [0.25, 0.3) is 0 Å². The molecule has 1 fully saturated rings. The number of nitrogens with zero attached hydrogens (tertiary/aromatic N) is 3. The smallest absolute Gasteiger partial charge is 0.354 e. The maximum absolute atomic E-state index is 13.0. The summed E-state index contributed by atoms with van der Waals surface area (Å²) in [6, 6.07) is 0. The zero-order valence-corrected chi connectivity index (χ0v) is 16.1. The van der Waals surface area contributed by atoms with Crippen LogP contribution in [0.4, 0.5) is 13.2 Å². The maximum atomic E-state index is 13.0. The van der Waals surface area contributed by atoms with E-state index in [4.69, 9.17) is 0 Å². The molecule has 0 bridgehead atoms. The van der Waals surface area contributed by atoms with Crippen molar-refractivity contribution in [3.63, 3.8) is 0 Å². The van der Waals surface area contributed by atoms with E-state index >= 15 is 0 Å². The Morgan fingerprint density at radius 3 is 2.52 bits per heavy atom. The molecule has 1 aromatic rings. The van der Waals surface area contributed by atoms with Crippen molar-refractivity contribution in [3.8, 4) is 0 Å². The fraction of sp³-hybridized carbons (Fsp3) is 0.750. The van der Waals surface area contributed by atoms with E-state index in [9.17, 15) is 18.0 Å². The van der Waals surface area contributed by atoms with Gasteiger partial charge in [0.15, 0.2) is 5.69 Å². The van der Waals surface area contributed by atoms with Crippen molar-refractivity contribution in [1.29, 1.82) is 0 Å². The first-order valence-electron chi connectivity index (χ1n) is 8.60. The van der Waals surface area contributed by atoms with Gasteiger partial charge in [-0.25, -0.2) is 0 Å². The average Bonchev–Trinajstić information content (AvgIpc) is 3.31. The summed E-state index contributed by atoms with van der Waals surface area (Å²) in [4.78, 5) is 14.3. The summed E-state index contributed by atoms with van der Waals surface area (Å²) in [6.07, 6.45) is -2.08. The standard InChI is InChI=1S/C16H24BrF3N4O/c1-3-23(4-2)9-5-8-21-12(25)10-24-14(11-6-7-11)13(17)15(22-24)16(18,19)20/h11H,3-10H2,1-2H3,(H,21,25). The highest BCUT2D eigenvalue weighted by Crippen LogP contribution is 2.46. The van der Waals surface area contributed by atoms with E-state index < -0.39 is 11.9 Å². The Morgan fingerprint density at radius 1 is 1.36 bits per heavy atom. The predicted molar refractivity (Wildman–Crippen MR) is 92.3 cm³/mol. The summed E-state index contributed by atoms with van der Waals surface area (Å²) in [6.45, 7) is 7.26. The van der Waals surface area contributed by atoms with Crippen LogP contribution in [0.25, 0.3) is 0 Å². The topological polar surface area (TPSA) is 50.2 Å². The number of carbonyl (C=O) groups is 1. The lowest BCUT2D eigenvalue weighted by atomic mass is 10.2. The van der Waals surface area contributed by atoms with Gasteiger partial charge in [0.2, 0.25) is 5.91 Å². The summed E-state index contributed by atoms with van der Waals surface area (Å²) in [7, 11) is 0. The van der Waals surface area contributed by atoms with Gasteiger partial charge in [0.1, 0.15) is 6.54 Å². The molecule has 0 spiro atoms. The minimum Gasteiger partial charge on any atom is -0.354 e. The fourth-order valence-corrected chi connectivity index (χ4v) is 3.60. The average molecular weight is 425 g/mol. The predicted octanol–water partition coefficient (Wildman–Crippen LogP) is 3.39. The molecule has 1 heterocycles. The zero-order chi connectivity index (χ0) is 18.6. The van der Waals surface area contributed by atoms with Gasteiger partial charge in [0, 0.05) is 12.5 Å². The quantitative estimate of drug-likeness (QED) is 0.618. The van der Waals surface area contributed by atoms with Crippen LogP contribution in [0, 0.1) is 0 Å². The molecule has 5 nitrogen and oxygen atoms in total. The molecule has 0 atom stereocenters. The van der Waals surface area contributed by atoms with E-state index in [1.807, 2.05) is 0 Å². The lowest BCUT2D eigenvalue weighted by Gasteiger charge is -2.17. The second-order valence-electron chi connectivity index (χ2n) is 6.21. The summed E-state index contributed by atoms with van der Waals surface area (Å²) in [5.41, 5.74) is -0.477. The van der Waals surface area contributed by atoms with Gasteiger partial charge in [0.05, 0.1) is 10.2 Å². The molecular weight excluding hydrogens is 401 g/mol. The number of alkyl halides is 3. The van der Waals surface area contributed by atoms with Crippen LogP contribution in [0.1, 0.15) is 50.4 Å². The molecule has 0 aliphatic heterocycles. The molecule has 1 N–H and O–H groups in total. The van der Waals surface area contributed by atoms with Gasteiger partial charge in [-0.2, -0.15) is 18.3 Å². The molecular formula is C16H24BrF3N4O. The number of hydrogen-bond acceptors (Lipinski definition) is 3. The number of nitrogens with one attached hydrogen (secondary N) is 1. The molecule has 1 saturated carbocycles. The minimum absolute atomic E-state index is 0.0307. The first kappa shape index (κ1) is 20.2. The Kier molecular flexibility index (Phi) is 6.90. The van der Waals surface area contributed by atoms with Crippen molar-refractivity contribution >= 4 is 21.8 Å². The summed E-state index contributed by atoms with van der Waals surface area (Å²) >= 11 is 3.02. The van der Waals surface area contributed by atoms with Crippen LogP contribution in [0.15, 0.2) is 4.47 Å². The number of aromatic nitrogens is 2. The van der Waals surface area contributed by atoms with Gasteiger partial charge < -0.3 is 10.2 Å². The highest BCUT2D eigenvalue weighted by molar-refractivity contribution is 9.10. The molecule has 1 amide bonds. The zero-order valence-electron chi connectivity index (χ0n) is 14.5. The second kappa shape index (κ2) is 8.53. The number of carbonyl (C=O) groups excluding carboxylic acids is 1. The molecule has 9 heteroatoms. The van der Waals surface area contributed by atoms with Crippen molar-refractivity contribution in [1.82, 2.24) is 20.0 Å². The van der Waals surface area contributed by atoms with Crippen LogP contribution in [0.3, 0.4) is 0 Å². The third kappa shape index (κ3) is 5.44. The van der Waals surface area contributed by atoms with Crippen molar-refractivity contribution in [2.75, 3.05) is 26.2 Å². The molecule has 1 aliphatic carbocycles. The van der Waals surface area contributed by atoms with E-state index in [0.29, 0.717) is 12.2 Å². The van der Waals surface area contributed by atoms with Crippen LogP contribution in [-0.4, -0.2) is 46.8 Å². The Hall–Kier alpha value is -1.09. The maximum Gasteiger partial charge on any atom is 0.436 e. The second-order valence-corrected chi connectivity index (χ2v) is 7.00. The lowest BCUT2D eigenvalue weighted by molar-refractivity contribution is -0.142. The van der Waals surface area contributed by atoms with E-state index in [0.717, 1.165) is 38.9 Å². The molecule has 0 saturated heterocycles. The van der Waals surface area contributed by atoms with E-state index in [1.54, 1.807) is 0 Å². The fourth-order valence-electron chi connectivity index (χ4n) is 2.76. The van der Waals surface area contributed by atoms with Crippen molar-refractivity contribution in [2.24, 2.45) is 0 Å². The Balaban J connectivity index is 1.94. The van der Waals surface area contributed by atoms with Crippen LogP contribution >= 0.6 is 15.9 Å². The normalized spacial score (nSPS) is 15.0. The number of amides is 1. The number of halogens is 4. The molecule has 25 heavy (non-hydrogen) atoms. The molecule has 1 aromatic heterocycles. The highest BCUT2D eigenvalue weighted by Gasteiger charge is 2.41.